The van der Waals surface area contributed by atoms with Gasteiger partial charge in [0.1, 0.15) is 23.1 Å². The van der Waals surface area contributed by atoms with Crippen LogP contribution in [-0.2, 0) is 19.3 Å². The molecule has 3 rings (SSSR count). The first-order valence-corrected chi connectivity index (χ1v) is 10.0. The number of rotatable bonds is 7. The average molecular weight is 454 g/mol. The Kier molecular flexibility index (Phi) is 6.79. The van der Waals surface area contributed by atoms with Crippen molar-refractivity contribution >= 4 is 17.2 Å². The van der Waals surface area contributed by atoms with Crippen molar-refractivity contribution in [2.45, 2.75) is 26.2 Å². The van der Waals surface area contributed by atoms with Gasteiger partial charge in [0, 0.05) is 12.2 Å². The first kappa shape index (κ1) is 22.5. The molecule has 164 valence electrons. The fourth-order valence-corrected chi connectivity index (χ4v) is 3.87. The van der Waals surface area contributed by atoms with Crippen LogP contribution in [0.1, 0.15) is 26.5 Å². The molecule has 0 saturated carbocycles. The van der Waals surface area contributed by atoms with Crippen LogP contribution in [0.3, 0.4) is 0 Å². The molecule has 0 bridgehead atoms. The SMILES string of the molecule is Cc1c(C(=O)NCc2ccccc2C(F)(F)F)sc(=O)n1CCOc1ccc(F)cc1. The smallest absolute Gasteiger partial charge is 0.416 e. The third-order valence-electron chi connectivity index (χ3n) is 4.51. The first-order valence-electron chi connectivity index (χ1n) is 9.18. The summed E-state index contributed by atoms with van der Waals surface area (Å²) in [7, 11) is 0. The summed E-state index contributed by atoms with van der Waals surface area (Å²) >= 11 is 0.710. The van der Waals surface area contributed by atoms with E-state index >= 15 is 0 Å². The molecule has 1 N–H and O–H groups in total. The second kappa shape index (κ2) is 9.34. The molecule has 2 aromatic carbocycles. The van der Waals surface area contributed by atoms with Crippen LogP contribution in [0.15, 0.2) is 53.3 Å². The molecule has 0 radical (unpaired) electrons. The maximum atomic E-state index is 13.1. The van der Waals surface area contributed by atoms with Gasteiger partial charge in [0.2, 0.25) is 0 Å². The predicted octanol–water partition coefficient (Wildman–Crippen LogP) is 4.39. The van der Waals surface area contributed by atoms with Gasteiger partial charge in [-0.3, -0.25) is 14.2 Å². The van der Waals surface area contributed by atoms with Crippen LogP contribution in [0.5, 0.6) is 5.75 Å². The summed E-state index contributed by atoms with van der Waals surface area (Å²) in [5, 5.41) is 2.45. The van der Waals surface area contributed by atoms with Gasteiger partial charge in [-0.15, -0.1) is 0 Å². The maximum absolute atomic E-state index is 13.1. The van der Waals surface area contributed by atoms with Gasteiger partial charge in [0.15, 0.2) is 0 Å². The van der Waals surface area contributed by atoms with Crippen LogP contribution >= 0.6 is 11.3 Å². The Labute approximate surface area is 178 Å². The van der Waals surface area contributed by atoms with E-state index in [0.717, 1.165) is 6.07 Å². The maximum Gasteiger partial charge on any atom is 0.416 e. The van der Waals surface area contributed by atoms with Crippen molar-refractivity contribution in [3.05, 3.63) is 85.7 Å². The molecule has 0 spiro atoms. The molecule has 3 aromatic rings. The molecule has 0 aliphatic carbocycles. The number of alkyl halides is 3. The number of halogens is 4. The third-order valence-corrected chi connectivity index (χ3v) is 5.59. The van der Waals surface area contributed by atoms with Crippen LogP contribution in [0, 0.1) is 12.7 Å². The molecular formula is C21H18F4N2O3S. The van der Waals surface area contributed by atoms with E-state index in [1.54, 1.807) is 6.92 Å². The highest BCUT2D eigenvalue weighted by Gasteiger charge is 2.33. The Morgan fingerprint density at radius 3 is 2.48 bits per heavy atom. The minimum atomic E-state index is -4.53. The number of hydrogen-bond donors (Lipinski definition) is 1. The van der Waals surface area contributed by atoms with Gasteiger partial charge in [-0.2, -0.15) is 13.2 Å². The highest BCUT2D eigenvalue weighted by molar-refractivity contribution is 7.11. The number of hydrogen-bond acceptors (Lipinski definition) is 4. The molecule has 1 heterocycles. The fraction of sp³-hybridized carbons (Fsp3) is 0.238. The lowest BCUT2D eigenvalue weighted by Crippen LogP contribution is -2.25. The van der Waals surface area contributed by atoms with E-state index in [2.05, 4.69) is 5.32 Å². The number of benzene rings is 2. The van der Waals surface area contributed by atoms with Crippen molar-refractivity contribution in [1.82, 2.24) is 9.88 Å². The van der Waals surface area contributed by atoms with Crippen LogP contribution in [0.4, 0.5) is 17.6 Å². The molecule has 0 unspecified atom stereocenters. The summed E-state index contributed by atoms with van der Waals surface area (Å²) in [6.45, 7) is 1.52. The zero-order chi connectivity index (χ0) is 22.6. The van der Waals surface area contributed by atoms with E-state index in [-0.39, 0.29) is 35.0 Å². The van der Waals surface area contributed by atoms with E-state index in [1.165, 1.54) is 47.0 Å². The van der Waals surface area contributed by atoms with E-state index in [9.17, 15) is 27.2 Å². The predicted molar refractivity (Wildman–Crippen MR) is 108 cm³/mol. The summed E-state index contributed by atoms with van der Waals surface area (Å²) in [6.07, 6.45) is -4.53. The summed E-state index contributed by atoms with van der Waals surface area (Å²) in [6, 6.07) is 10.4. The molecular weight excluding hydrogens is 436 g/mol. The number of carbonyl (C=O) groups excluding carboxylic acids is 1. The topological polar surface area (TPSA) is 60.3 Å². The average Bonchev–Trinajstić information content (AvgIpc) is 3.01. The van der Waals surface area contributed by atoms with Crippen LogP contribution in [-0.4, -0.2) is 17.1 Å². The highest BCUT2D eigenvalue weighted by atomic mass is 32.1. The summed E-state index contributed by atoms with van der Waals surface area (Å²) in [5.74, 6) is -0.593. The van der Waals surface area contributed by atoms with Crippen molar-refractivity contribution in [3.8, 4) is 5.75 Å². The Morgan fingerprint density at radius 1 is 1.13 bits per heavy atom. The molecule has 0 aliphatic heterocycles. The normalized spacial score (nSPS) is 11.4. The van der Waals surface area contributed by atoms with Crippen molar-refractivity contribution in [3.63, 3.8) is 0 Å². The van der Waals surface area contributed by atoms with Crippen LogP contribution < -0.4 is 14.9 Å². The van der Waals surface area contributed by atoms with E-state index < -0.39 is 23.5 Å². The minimum absolute atomic E-state index is 0.0690. The van der Waals surface area contributed by atoms with Crippen molar-refractivity contribution in [1.29, 1.82) is 0 Å². The lowest BCUT2D eigenvalue weighted by Gasteiger charge is -2.13. The van der Waals surface area contributed by atoms with Crippen molar-refractivity contribution in [2.75, 3.05) is 6.61 Å². The van der Waals surface area contributed by atoms with Gasteiger partial charge in [0.05, 0.1) is 12.1 Å². The molecule has 0 aliphatic rings. The molecule has 0 atom stereocenters. The van der Waals surface area contributed by atoms with E-state index in [4.69, 9.17) is 4.74 Å². The van der Waals surface area contributed by atoms with Crippen LogP contribution in [0.25, 0.3) is 0 Å². The lowest BCUT2D eigenvalue weighted by atomic mass is 10.1. The Bertz CT molecular complexity index is 1120. The van der Waals surface area contributed by atoms with Gasteiger partial charge in [0.25, 0.3) is 5.91 Å². The van der Waals surface area contributed by atoms with E-state index in [1.807, 2.05) is 0 Å². The molecule has 5 nitrogen and oxygen atoms in total. The highest BCUT2D eigenvalue weighted by Crippen LogP contribution is 2.31. The molecule has 0 fully saturated rings. The number of thiazole rings is 1. The van der Waals surface area contributed by atoms with Gasteiger partial charge in [-0.25, -0.2) is 4.39 Å². The zero-order valence-electron chi connectivity index (χ0n) is 16.3. The first-order chi connectivity index (χ1) is 14.7. The fourth-order valence-electron chi connectivity index (χ4n) is 2.94. The summed E-state index contributed by atoms with van der Waals surface area (Å²) in [5.41, 5.74) is -0.504. The number of amides is 1. The number of nitrogens with one attached hydrogen (secondary N) is 1. The largest absolute Gasteiger partial charge is 0.492 e. The molecule has 31 heavy (non-hydrogen) atoms. The number of nitrogens with zero attached hydrogens (tertiary/aromatic N) is 1. The zero-order valence-corrected chi connectivity index (χ0v) is 17.1. The lowest BCUT2D eigenvalue weighted by molar-refractivity contribution is -0.138. The van der Waals surface area contributed by atoms with Crippen molar-refractivity contribution < 1.29 is 27.1 Å². The second-order valence-electron chi connectivity index (χ2n) is 6.57. The minimum Gasteiger partial charge on any atom is -0.492 e. The van der Waals surface area contributed by atoms with Gasteiger partial charge in [-0.1, -0.05) is 29.5 Å². The number of carbonyl (C=O) groups is 1. The monoisotopic (exact) mass is 454 g/mol. The number of ether oxygens (including phenoxy) is 1. The molecule has 1 aromatic heterocycles. The Balaban J connectivity index is 1.65. The Morgan fingerprint density at radius 2 is 1.81 bits per heavy atom. The quantitative estimate of drug-likeness (QED) is 0.539. The summed E-state index contributed by atoms with van der Waals surface area (Å²) in [4.78, 5) is 24.5. The summed E-state index contributed by atoms with van der Waals surface area (Å²) < 4.78 is 59.0. The van der Waals surface area contributed by atoms with E-state index in [0.29, 0.717) is 22.8 Å². The molecule has 0 saturated heterocycles. The molecule has 10 heteroatoms. The Hall–Kier alpha value is -3.14. The van der Waals surface area contributed by atoms with Gasteiger partial charge < -0.3 is 10.1 Å². The number of aromatic nitrogens is 1. The van der Waals surface area contributed by atoms with Crippen molar-refractivity contribution in [2.24, 2.45) is 0 Å². The third kappa shape index (κ3) is 5.52. The molecule has 1 amide bonds. The van der Waals surface area contributed by atoms with Gasteiger partial charge in [-0.05, 0) is 42.8 Å². The van der Waals surface area contributed by atoms with Gasteiger partial charge >= 0.3 is 11.0 Å². The standard InChI is InChI=1S/C21H18F4N2O3S/c1-13-18(19(28)26-12-14-4-2-3-5-17(14)21(23,24)25)31-20(29)27(13)10-11-30-16-8-6-15(22)7-9-16/h2-9H,10-12H2,1H3,(H,26,28). The second-order valence-corrected chi connectivity index (χ2v) is 7.54. The van der Waals surface area contributed by atoms with Crippen LogP contribution in [0.2, 0.25) is 0 Å².